The minimum Gasteiger partial charge on any atom is -0.367 e. The van der Waals surface area contributed by atoms with E-state index in [9.17, 15) is 9.59 Å². The Morgan fingerprint density at radius 2 is 1.96 bits per heavy atom. The summed E-state index contributed by atoms with van der Waals surface area (Å²) in [6.45, 7) is 3.61. The van der Waals surface area contributed by atoms with Crippen molar-refractivity contribution in [2.45, 2.75) is 51.3 Å². The van der Waals surface area contributed by atoms with E-state index < -0.39 is 0 Å². The predicted octanol–water partition coefficient (Wildman–Crippen LogP) is 1.60. The van der Waals surface area contributed by atoms with Crippen LogP contribution < -0.4 is 0 Å². The minimum atomic E-state index is 0.0719. The number of hydrogen-bond donors (Lipinski definition) is 0. The molecule has 2 heterocycles. The molecule has 2 fully saturated rings. The molecule has 1 aromatic heterocycles. The Bertz CT molecular complexity index is 566. The number of pyridine rings is 1. The number of ether oxygens (including phenoxy) is 1. The molecule has 0 aromatic carbocycles. The Hall–Kier alpha value is -1.95. The van der Waals surface area contributed by atoms with Gasteiger partial charge >= 0.3 is 0 Å². The molecule has 0 unspecified atom stereocenters. The van der Waals surface area contributed by atoms with Crippen LogP contribution in [0.25, 0.3) is 0 Å². The molecule has 2 aliphatic rings. The van der Waals surface area contributed by atoms with Crippen molar-refractivity contribution in [3.05, 3.63) is 30.1 Å². The van der Waals surface area contributed by atoms with Crippen LogP contribution in [0.2, 0.25) is 0 Å². The standard InChI is InChI=1S/C18H25N3O3/c1-14(22)20-9-6-17(7-10-20)21(16-4-5-16)18(23)13-24-12-15-3-2-8-19-11-15/h2-3,8,11,16-17H,4-7,9-10,12-13H2,1H3. The van der Waals surface area contributed by atoms with Gasteiger partial charge in [-0.2, -0.15) is 0 Å². The first kappa shape index (κ1) is 16.9. The van der Waals surface area contributed by atoms with Crippen molar-refractivity contribution in [2.24, 2.45) is 0 Å². The molecule has 1 aliphatic carbocycles. The quantitative estimate of drug-likeness (QED) is 0.794. The molecule has 1 aliphatic heterocycles. The van der Waals surface area contributed by atoms with Crippen LogP contribution in [-0.2, 0) is 20.9 Å². The van der Waals surface area contributed by atoms with Crippen molar-refractivity contribution >= 4 is 11.8 Å². The molecular weight excluding hydrogens is 306 g/mol. The summed E-state index contributed by atoms with van der Waals surface area (Å²) in [5.41, 5.74) is 0.970. The summed E-state index contributed by atoms with van der Waals surface area (Å²) in [6.07, 6.45) is 7.37. The van der Waals surface area contributed by atoms with Crippen LogP contribution in [0.4, 0.5) is 0 Å². The summed E-state index contributed by atoms with van der Waals surface area (Å²) in [7, 11) is 0. The number of aromatic nitrogens is 1. The van der Waals surface area contributed by atoms with Crippen molar-refractivity contribution in [2.75, 3.05) is 19.7 Å². The van der Waals surface area contributed by atoms with E-state index in [0.717, 1.165) is 44.3 Å². The fraction of sp³-hybridized carbons (Fsp3) is 0.611. The van der Waals surface area contributed by atoms with E-state index in [0.29, 0.717) is 12.6 Å². The Balaban J connectivity index is 1.50. The molecule has 0 bridgehead atoms. The lowest BCUT2D eigenvalue weighted by Crippen LogP contribution is -2.50. The number of amides is 2. The number of hydrogen-bond acceptors (Lipinski definition) is 4. The van der Waals surface area contributed by atoms with Gasteiger partial charge in [0.2, 0.25) is 11.8 Å². The number of nitrogens with zero attached hydrogens (tertiary/aromatic N) is 3. The molecule has 1 aromatic rings. The first-order chi connectivity index (χ1) is 11.6. The molecule has 6 nitrogen and oxygen atoms in total. The second kappa shape index (κ2) is 7.75. The third-order valence-corrected chi connectivity index (χ3v) is 4.75. The predicted molar refractivity (Wildman–Crippen MR) is 89.0 cm³/mol. The second-order valence-corrected chi connectivity index (χ2v) is 6.62. The molecular formula is C18H25N3O3. The van der Waals surface area contributed by atoms with Gasteiger partial charge in [0.15, 0.2) is 0 Å². The highest BCUT2D eigenvalue weighted by Crippen LogP contribution is 2.32. The van der Waals surface area contributed by atoms with Gasteiger partial charge in [-0.15, -0.1) is 0 Å². The Morgan fingerprint density at radius 3 is 2.54 bits per heavy atom. The molecule has 1 saturated heterocycles. The smallest absolute Gasteiger partial charge is 0.249 e. The fourth-order valence-corrected chi connectivity index (χ4v) is 3.33. The van der Waals surface area contributed by atoms with Crippen molar-refractivity contribution in [3.8, 4) is 0 Å². The third-order valence-electron chi connectivity index (χ3n) is 4.75. The number of carbonyl (C=O) groups excluding carboxylic acids is 2. The van der Waals surface area contributed by atoms with Crippen LogP contribution in [0, 0.1) is 0 Å². The molecule has 0 spiro atoms. The van der Waals surface area contributed by atoms with Gasteiger partial charge in [-0.1, -0.05) is 6.07 Å². The van der Waals surface area contributed by atoms with Crippen LogP contribution in [0.1, 0.15) is 38.2 Å². The summed E-state index contributed by atoms with van der Waals surface area (Å²) >= 11 is 0. The molecule has 6 heteroatoms. The fourth-order valence-electron chi connectivity index (χ4n) is 3.33. The van der Waals surface area contributed by atoms with E-state index in [2.05, 4.69) is 4.98 Å². The van der Waals surface area contributed by atoms with E-state index in [1.54, 1.807) is 19.3 Å². The van der Waals surface area contributed by atoms with Crippen molar-refractivity contribution in [1.29, 1.82) is 0 Å². The first-order valence-electron chi connectivity index (χ1n) is 8.68. The molecule has 0 atom stereocenters. The molecule has 3 rings (SSSR count). The van der Waals surface area contributed by atoms with Gasteiger partial charge in [0.1, 0.15) is 6.61 Å². The molecule has 1 saturated carbocycles. The zero-order chi connectivity index (χ0) is 16.9. The minimum absolute atomic E-state index is 0.0719. The van der Waals surface area contributed by atoms with Crippen LogP contribution in [0.3, 0.4) is 0 Å². The zero-order valence-electron chi connectivity index (χ0n) is 14.2. The largest absolute Gasteiger partial charge is 0.367 e. The lowest BCUT2D eigenvalue weighted by atomic mass is 10.0. The number of likely N-dealkylation sites (tertiary alicyclic amines) is 1. The van der Waals surface area contributed by atoms with Crippen molar-refractivity contribution in [1.82, 2.24) is 14.8 Å². The van der Waals surface area contributed by atoms with Gasteiger partial charge in [-0.3, -0.25) is 14.6 Å². The number of rotatable bonds is 6. The lowest BCUT2D eigenvalue weighted by Gasteiger charge is -2.38. The molecule has 0 radical (unpaired) electrons. The van der Waals surface area contributed by atoms with Crippen molar-refractivity contribution in [3.63, 3.8) is 0 Å². The van der Waals surface area contributed by atoms with Crippen molar-refractivity contribution < 1.29 is 14.3 Å². The van der Waals surface area contributed by atoms with E-state index in [4.69, 9.17) is 4.74 Å². The maximum absolute atomic E-state index is 12.6. The number of piperidine rings is 1. The average Bonchev–Trinajstić information content (AvgIpc) is 3.41. The topological polar surface area (TPSA) is 62.7 Å². The Kier molecular flexibility index (Phi) is 5.45. The van der Waals surface area contributed by atoms with E-state index in [1.165, 1.54) is 0 Å². The SMILES string of the molecule is CC(=O)N1CCC(N(C(=O)COCc2cccnc2)C2CC2)CC1. The Labute approximate surface area is 142 Å². The van der Waals surface area contributed by atoms with Crippen LogP contribution in [-0.4, -0.2) is 58.4 Å². The molecule has 2 amide bonds. The van der Waals surface area contributed by atoms with Gasteiger partial charge in [-0.05, 0) is 37.3 Å². The highest BCUT2D eigenvalue weighted by molar-refractivity contribution is 5.78. The van der Waals surface area contributed by atoms with Gasteiger partial charge in [0.25, 0.3) is 0 Å². The van der Waals surface area contributed by atoms with Gasteiger partial charge in [0, 0.05) is 44.5 Å². The second-order valence-electron chi connectivity index (χ2n) is 6.62. The Morgan fingerprint density at radius 1 is 1.25 bits per heavy atom. The van der Waals surface area contributed by atoms with E-state index in [-0.39, 0.29) is 24.5 Å². The summed E-state index contributed by atoms with van der Waals surface area (Å²) in [5, 5.41) is 0. The first-order valence-corrected chi connectivity index (χ1v) is 8.68. The highest BCUT2D eigenvalue weighted by Gasteiger charge is 2.38. The van der Waals surface area contributed by atoms with Crippen LogP contribution in [0.5, 0.6) is 0 Å². The van der Waals surface area contributed by atoms with Gasteiger partial charge in [-0.25, -0.2) is 0 Å². The maximum Gasteiger partial charge on any atom is 0.249 e. The third kappa shape index (κ3) is 4.32. The summed E-state index contributed by atoms with van der Waals surface area (Å²) in [4.78, 5) is 32.0. The summed E-state index contributed by atoms with van der Waals surface area (Å²) in [6, 6.07) is 4.41. The summed E-state index contributed by atoms with van der Waals surface area (Å²) in [5.74, 6) is 0.195. The zero-order valence-corrected chi connectivity index (χ0v) is 14.2. The van der Waals surface area contributed by atoms with Crippen LogP contribution >= 0.6 is 0 Å². The van der Waals surface area contributed by atoms with Crippen LogP contribution in [0.15, 0.2) is 24.5 Å². The molecule has 24 heavy (non-hydrogen) atoms. The highest BCUT2D eigenvalue weighted by atomic mass is 16.5. The van der Waals surface area contributed by atoms with E-state index in [1.807, 2.05) is 21.9 Å². The molecule has 0 N–H and O–H groups in total. The normalized spacial score (nSPS) is 18.5. The number of carbonyl (C=O) groups is 2. The van der Waals surface area contributed by atoms with E-state index >= 15 is 0 Å². The van der Waals surface area contributed by atoms with Gasteiger partial charge < -0.3 is 14.5 Å². The lowest BCUT2D eigenvalue weighted by molar-refractivity contribution is -0.141. The monoisotopic (exact) mass is 331 g/mol. The summed E-state index contributed by atoms with van der Waals surface area (Å²) < 4.78 is 5.59. The average molecular weight is 331 g/mol. The van der Waals surface area contributed by atoms with Gasteiger partial charge in [0.05, 0.1) is 6.61 Å². The molecule has 130 valence electrons. The maximum atomic E-state index is 12.6.